The van der Waals surface area contributed by atoms with Gasteiger partial charge in [-0.3, -0.25) is 4.72 Å². The molecule has 1 aromatic rings. The highest BCUT2D eigenvalue weighted by Crippen LogP contribution is 2.16. The fraction of sp³-hybridized carbons (Fsp3) is 0.500. The van der Waals surface area contributed by atoms with Crippen molar-refractivity contribution >= 4 is 15.7 Å². The van der Waals surface area contributed by atoms with Gasteiger partial charge in [0.25, 0.3) is 0 Å². The van der Waals surface area contributed by atoms with Crippen molar-refractivity contribution in [3.8, 4) is 0 Å². The molecule has 0 amide bonds. The highest BCUT2D eigenvalue weighted by Gasteiger charge is 2.23. The van der Waals surface area contributed by atoms with E-state index in [2.05, 4.69) is 4.72 Å². The Labute approximate surface area is 107 Å². The van der Waals surface area contributed by atoms with Crippen LogP contribution in [0.3, 0.4) is 0 Å². The number of benzene rings is 1. The van der Waals surface area contributed by atoms with E-state index in [1.54, 1.807) is 24.3 Å². The Morgan fingerprint density at radius 3 is 2.61 bits per heavy atom. The summed E-state index contributed by atoms with van der Waals surface area (Å²) in [5, 5.41) is 8.90. The van der Waals surface area contributed by atoms with Gasteiger partial charge in [0, 0.05) is 12.3 Å². The average Bonchev–Trinajstić information content (AvgIpc) is 2.81. The fourth-order valence-corrected chi connectivity index (χ4v) is 3.25. The van der Waals surface area contributed by atoms with Crippen molar-refractivity contribution in [1.82, 2.24) is 0 Å². The van der Waals surface area contributed by atoms with Gasteiger partial charge in [0.2, 0.25) is 10.0 Å². The third-order valence-corrected chi connectivity index (χ3v) is 4.20. The van der Waals surface area contributed by atoms with Crippen LogP contribution >= 0.6 is 0 Å². The van der Waals surface area contributed by atoms with Crippen LogP contribution in [0.2, 0.25) is 0 Å². The summed E-state index contributed by atoms with van der Waals surface area (Å²) in [4.78, 5) is 0. The molecule has 0 spiro atoms. The predicted molar refractivity (Wildman–Crippen MR) is 68.7 cm³/mol. The summed E-state index contributed by atoms with van der Waals surface area (Å²) in [6.07, 6.45) is 1.52. The van der Waals surface area contributed by atoms with Crippen LogP contribution in [-0.4, -0.2) is 32.0 Å². The van der Waals surface area contributed by atoms with Crippen molar-refractivity contribution in [3.05, 3.63) is 29.8 Å². The molecule has 1 aliphatic rings. The van der Waals surface area contributed by atoms with Crippen molar-refractivity contribution in [3.63, 3.8) is 0 Å². The second-order valence-electron chi connectivity index (χ2n) is 4.37. The van der Waals surface area contributed by atoms with Gasteiger partial charge in [-0.1, -0.05) is 12.1 Å². The van der Waals surface area contributed by atoms with Gasteiger partial charge in [0.15, 0.2) is 0 Å². The molecule has 0 aliphatic carbocycles. The number of aliphatic hydroxyl groups excluding tert-OH is 1. The van der Waals surface area contributed by atoms with Gasteiger partial charge in [-0.25, -0.2) is 8.42 Å². The zero-order valence-corrected chi connectivity index (χ0v) is 10.8. The van der Waals surface area contributed by atoms with Crippen LogP contribution in [0, 0.1) is 0 Å². The molecular formula is C12H17NO4S. The third kappa shape index (κ3) is 3.69. The number of anilines is 1. The predicted octanol–water partition coefficient (Wildman–Crippen LogP) is 1.10. The molecule has 0 saturated carbocycles. The lowest BCUT2D eigenvalue weighted by atomic mass is 10.2. The van der Waals surface area contributed by atoms with Crippen molar-refractivity contribution in [2.24, 2.45) is 0 Å². The smallest absolute Gasteiger partial charge is 0.235 e. The summed E-state index contributed by atoms with van der Waals surface area (Å²) in [5.74, 6) is -0.00521. The maximum Gasteiger partial charge on any atom is 0.235 e. The molecule has 6 heteroatoms. The molecule has 1 aromatic carbocycles. The number of hydrogen-bond donors (Lipinski definition) is 2. The maximum absolute atomic E-state index is 11.9. The summed E-state index contributed by atoms with van der Waals surface area (Å²) < 4.78 is 31.6. The van der Waals surface area contributed by atoms with Gasteiger partial charge in [-0.05, 0) is 30.5 Å². The molecule has 1 saturated heterocycles. The lowest BCUT2D eigenvalue weighted by Crippen LogP contribution is -2.25. The Hall–Kier alpha value is -1.11. The first-order valence-corrected chi connectivity index (χ1v) is 7.56. The van der Waals surface area contributed by atoms with E-state index in [0.29, 0.717) is 12.3 Å². The molecule has 1 atom stereocenters. The van der Waals surface area contributed by atoms with E-state index in [0.717, 1.165) is 18.4 Å². The van der Waals surface area contributed by atoms with Crippen molar-refractivity contribution in [1.29, 1.82) is 0 Å². The SMILES string of the molecule is O=S(=O)(CC1CCCO1)Nc1ccc(CO)cc1. The van der Waals surface area contributed by atoms with Gasteiger partial charge < -0.3 is 9.84 Å². The second-order valence-corrected chi connectivity index (χ2v) is 6.14. The minimum absolute atomic E-state index is 0.00521. The molecule has 1 aliphatic heterocycles. The summed E-state index contributed by atoms with van der Waals surface area (Å²) in [5.41, 5.74) is 1.25. The summed E-state index contributed by atoms with van der Waals surface area (Å²) in [7, 11) is -3.38. The van der Waals surface area contributed by atoms with Crippen LogP contribution in [-0.2, 0) is 21.4 Å². The lowest BCUT2D eigenvalue weighted by molar-refractivity contribution is 0.127. The first-order chi connectivity index (χ1) is 8.59. The Morgan fingerprint density at radius 2 is 2.06 bits per heavy atom. The standard InChI is InChI=1S/C12H17NO4S/c14-8-10-3-5-11(6-4-10)13-18(15,16)9-12-2-1-7-17-12/h3-6,12-14H,1-2,7-9H2. The van der Waals surface area contributed by atoms with Crippen LogP contribution in [0.5, 0.6) is 0 Å². The first-order valence-electron chi connectivity index (χ1n) is 5.91. The molecule has 5 nitrogen and oxygen atoms in total. The number of ether oxygens (including phenoxy) is 1. The molecule has 2 N–H and O–H groups in total. The molecule has 1 heterocycles. The van der Waals surface area contributed by atoms with Crippen LogP contribution in [0.25, 0.3) is 0 Å². The number of hydrogen-bond acceptors (Lipinski definition) is 4. The van der Waals surface area contributed by atoms with E-state index in [9.17, 15) is 8.42 Å². The molecule has 2 rings (SSSR count). The topological polar surface area (TPSA) is 75.6 Å². The van der Waals surface area contributed by atoms with E-state index in [1.165, 1.54) is 0 Å². The van der Waals surface area contributed by atoms with E-state index in [-0.39, 0.29) is 18.5 Å². The van der Waals surface area contributed by atoms with Gasteiger partial charge in [0.05, 0.1) is 18.5 Å². The fourth-order valence-electron chi connectivity index (χ4n) is 1.92. The number of sulfonamides is 1. The zero-order valence-electron chi connectivity index (χ0n) is 10.0. The molecule has 18 heavy (non-hydrogen) atoms. The summed E-state index contributed by atoms with van der Waals surface area (Å²) >= 11 is 0. The van der Waals surface area contributed by atoms with Crippen LogP contribution in [0.15, 0.2) is 24.3 Å². The molecule has 0 bridgehead atoms. The minimum atomic E-state index is -3.38. The highest BCUT2D eigenvalue weighted by atomic mass is 32.2. The summed E-state index contributed by atoms with van der Waals surface area (Å²) in [6, 6.07) is 6.64. The molecule has 0 radical (unpaired) electrons. The van der Waals surface area contributed by atoms with E-state index in [4.69, 9.17) is 9.84 Å². The lowest BCUT2D eigenvalue weighted by Gasteiger charge is -2.12. The Morgan fingerprint density at radius 1 is 1.33 bits per heavy atom. The Balaban J connectivity index is 1.97. The zero-order chi connectivity index (χ0) is 13.0. The van der Waals surface area contributed by atoms with Crippen molar-refractivity contribution in [2.45, 2.75) is 25.6 Å². The normalized spacial score (nSPS) is 19.9. The minimum Gasteiger partial charge on any atom is -0.392 e. The maximum atomic E-state index is 11.9. The average molecular weight is 271 g/mol. The number of rotatable bonds is 5. The quantitative estimate of drug-likeness (QED) is 0.841. The van der Waals surface area contributed by atoms with Crippen LogP contribution in [0.1, 0.15) is 18.4 Å². The molecular weight excluding hydrogens is 254 g/mol. The highest BCUT2D eigenvalue weighted by molar-refractivity contribution is 7.92. The number of aliphatic hydroxyl groups is 1. The molecule has 1 unspecified atom stereocenters. The Bertz CT molecular complexity index is 477. The third-order valence-electron chi connectivity index (χ3n) is 2.84. The van der Waals surface area contributed by atoms with Gasteiger partial charge in [-0.15, -0.1) is 0 Å². The van der Waals surface area contributed by atoms with Crippen LogP contribution < -0.4 is 4.72 Å². The van der Waals surface area contributed by atoms with Gasteiger partial charge in [0.1, 0.15) is 0 Å². The van der Waals surface area contributed by atoms with E-state index >= 15 is 0 Å². The van der Waals surface area contributed by atoms with Crippen LogP contribution in [0.4, 0.5) is 5.69 Å². The first kappa shape index (κ1) is 13.3. The largest absolute Gasteiger partial charge is 0.392 e. The molecule has 1 fully saturated rings. The van der Waals surface area contributed by atoms with Gasteiger partial charge in [-0.2, -0.15) is 0 Å². The van der Waals surface area contributed by atoms with Crippen molar-refractivity contribution < 1.29 is 18.3 Å². The van der Waals surface area contributed by atoms with E-state index in [1.807, 2.05) is 0 Å². The monoisotopic (exact) mass is 271 g/mol. The van der Waals surface area contributed by atoms with E-state index < -0.39 is 10.0 Å². The Kier molecular flexibility index (Phi) is 4.21. The molecule has 0 aromatic heterocycles. The molecule has 100 valence electrons. The van der Waals surface area contributed by atoms with Crippen molar-refractivity contribution in [2.75, 3.05) is 17.1 Å². The van der Waals surface area contributed by atoms with Gasteiger partial charge >= 0.3 is 0 Å². The summed E-state index contributed by atoms with van der Waals surface area (Å²) in [6.45, 7) is 0.592. The number of nitrogens with one attached hydrogen (secondary N) is 1. The second kappa shape index (κ2) is 5.69.